The summed E-state index contributed by atoms with van der Waals surface area (Å²) < 4.78 is 38.7. The molecule has 0 aliphatic heterocycles. The fourth-order valence-corrected chi connectivity index (χ4v) is 8.10. The lowest BCUT2D eigenvalue weighted by Crippen LogP contribution is -2.71. The van der Waals surface area contributed by atoms with Crippen LogP contribution in [-0.4, -0.2) is 69.6 Å². The first-order valence-electron chi connectivity index (χ1n) is 12.8. The quantitative estimate of drug-likeness (QED) is 0.204. The topological polar surface area (TPSA) is 153 Å². The molecule has 3 fully saturated rings. The number of ketones is 2. The van der Waals surface area contributed by atoms with Gasteiger partial charge in [0.2, 0.25) is 5.78 Å². The number of hydrogen-bond acceptors (Lipinski definition) is 9. The van der Waals surface area contributed by atoms with Crippen molar-refractivity contribution >= 4 is 17.5 Å². The Morgan fingerprint density at radius 3 is 2.58 bits per heavy atom. The number of hydrogen-bond donors (Lipinski definition) is 2. The minimum Gasteiger partial charge on any atom is -0.450 e. The summed E-state index contributed by atoms with van der Waals surface area (Å²) in [7, 11) is 0. The van der Waals surface area contributed by atoms with E-state index in [-0.39, 0.29) is 44.3 Å². The van der Waals surface area contributed by atoms with Crippen molar-refractivity contribution in [1.82, 2.24) is 0 Å². The third-order valence-electron chi connectivity index (χ3n) is 9.72. The molecule has 4 aliphatic rings. The predicted octanol–water partition coefficient (Wildman–Crippen LogP) is 2.38. The van der Waals surface area contributed by atoms with Crippen LogP contribution in [0, 0.1) is 38.7 Å². The van der Waals surface area contributed by atoms with Gasteiger partial charge < -0.3 is 19.8 Å². The smallest absolute Gasteiger partial charge is 0.306 e. The normalized spacial score (nSPS) is 43.4. The summed E-state index contributed by atoms with van der Waals surface area (Å²) in [5.41, 5.74) is -7.29. The lowest BCUT2D eigenvalue weighted by molar-refractivity contribution is -0.757. The first-order valence-corrected chi connectivity index (χ1v) is 12.8. The zero-order valence-electron chi connectivity index (χ0n) is 21.5. The Bertz CT molecular complexity index is 1110. The predicted molar refractivity (Wildman–Crippen MR) is 126 cm³/mol. The second-order valence-electron chi connectivity index (χ2n) is 11.4. The number of ether oxygens (including phenoxy) is 1. The van der Waals surface area contributed by atoms with Crippen LogP contribution < -0.4 is 0 Å². The molecule has 0 saturated heterocycles. The van der Waals surface area contributed by atoms with Crippen molar-refractivity contribution in [3.05, 3.63) is 33.9 Å². The molecule has 0 bridgehead atoms. The second kappa shape index (κ2) is 9.48. The lowest BCUT2D eigenvalue weighted by Gasteiger charge is -2.63. The van der Waals surface area contributed by atoms with Gasteiger partial charge >= 0.3 is 5.97 Å². The maximum absolute atomic E-state index is 17.3. The number of alkyl halides is 2. The number of allylic oxidation sites excluding steroid dienone is 4. The van der Waals surface area contributed by atoms with Gasteiger partial charge in [0.15, 0.2) is 17.1 Å². The highest BCUT2D eigenvalue weighted by molar-refractivity contribution is 6.01. The molecule has 0 spiro atoms. The third kappa shape index (κ3) is 3.74. The number of carbonyl (C=O) groups excluding carboxylic acids is 3. The monoisotopic (exact) mass is 541 g/mol. The molecule has 0 amide bonds. The van der Waals surface area contributed by atoms with Crippen LogP contribution in [0.2, 0.25) is 0 Å². The van der Waals surface area contributed by atoms with E-state index in [1.54, 1.807) is 13.8 Å². The average Bonchev–Trinajstić information content (AvgIpc) is 3.06. The molecule has 210 valence electrons. The molecular weight excluding hydrogens is 508 g/mol. The first kappa shape index (κ1) is 28.3. The summed E-state index contributed by atoms with van der Waals surface area (Å²) in [5, 5.41) is 30.7. The molecule has 9 atom stereocenters. The maximum atomic E-state index is 17.3. The lowest BCUT2D eigenvalue weighted by atomic mass is 9.44. The molecule has 2 N–H and O–H groups in total. The zero-order valence-corrected chi connectivity index (χ0v) is 21.5. The van der Waals surface area contributed by atoms with Gasteiger partial charge in [-0.2, -0.15) is 0 Å². The van der Waals surface area contributed by atoms with E-state index >= 15 is 8.78 Å². The summed E-state index contributed by atoms with van der Waals surface area (Å²) in [6.07, 6.45) is -0.696. The van der Waals surface area contributed by atoms with Gasteiger partial charge in [0, 0.05) is 29.1 Å². The van der Waals surface area contributed by atoms with Crippen molar-refractivity contribution in [1.29, 1.82) is 0 Å². The Hall–Kier alpha value is -2.73. The molecule has 3 saturated carbocycles. The van der Waals surface area contributed by atoms with E-state index in [2.05, 4.69) is 4.84 Å². The summed E-state index contributed by atoms with van der Waals surface area (Å²) >= 11 is 0. The number of esters is 1. The van der Waals surface area contributed by atoms with E-state index in [9.17, 15) is 34.7 Å². The van der Waals surface area contributed by atoms with Crippen LogP contribution in [0.25, 0.3) is 0 Å². The Kier molecular flexibility index (Phi) is 7.05. The van der Waals surface area contributed by atoms with Gasteiger partial charge in [-0.05, 0) is 56.3 Å². The first-order chi connectivity index (χ1) is 17.7. The minimum atomic E-state index is -2.37. The molecule has 9 unspecified atom stereocenters. The van der Waals surface area contributed by atoms with Crippen LogP contribution >= 0.6 is 0 Å². The molecule has 10 nitrogen and oxygen atoms in total. The number of nitrogens with zero attached hydrogens (tertiary/aromatic N) is 1. The Labute approximate surface area is 218 Å². The number of aliphatic hydroxyl groups is 2. The van der Waals surface area contributed by atoms with Crippen molar-refractivity contribution in [2.45, 2.75) is 76.4 Å². The van der Waals surface area contributed by atoms with Crippen molar-refractivity contribution in [3.8, 4) is 0 Å². The molecule has 12 heteroatoms. The molecular formula is C26H33F2NO9. The van der Waals surface area contributed by atoms with Crippen LogP contribution in [0.3, 0.4) is 0 Å². The number of Topliss-reactive ketones (excluding diaryl/α,β-unsaturated/α-hetero) is 1. The molecule has 0 heterocycles. The van der Waals surface area contributed by atoms with E-state index < -0.39 is 81.4 Å². The Balaban J connectivity index is 1.73. The Morgan fingerprint density at radius 1 is 1.26 bits per heavy atom. The van der Waals surface area contributed by atoms with E-state index in [1.165, 1.54) is 19.1 Å². The van der Waals surface area contributed by atoms with Crippen LogP contribution in [-0.2, 0) is 24.0 Å². The number of fused-ring (bicyclic) bond motifs is 5. The van der Waals surface area contributed by atoms with E-state index in [1.807, 2.05) is 0 Å². The van der Waals surface area contributed by atoms with E-state index in [0.717, 1.165) is 6.08 Å². The van der Waals surface area contributed by atoms with Gasteiger partial charge in [0.25, 0.3) is 5.09 Å². The summed E-state index contributed by atoms with van der Waals surface area (Å²) in [6, 6.07) is 0. The second-order valence-corrected chi connectivity index (χ2v) is 11.4. The van der Waals surface area contributed by atoms with Crippen molar-refractivity contribution in [2.75, 3.05) is 13.2 Å². The highest BCUT2D eigenvalue weighted by atomic mass is 19.1. The molecule has 0 aromatic heterocycles. The molecule has 0 aromatic carbocycles. The number of carbonyl (C=O) groups is 3. The number of aliphatic hydroxyl groups excluding tert-OH is 2. The van der Waals surface area contributed by atoms with Gasteiger partial charge in [-0.15, -0.1) is 10.1 Å². The van der Waals surface area contributed by atoms with Gasteiger partial charge in [-0.1, -0.05) is 19.9 Å². The fraction of sp³-hybridized carbons (Fsp3) is 0.731. The van der Waals surface area contributed by atoms with Gasteiger partial charge in [-0.3, -0.25) is 14.4 Å². The van der Waals surface area contributed by atoms with Gasteiger partial charge in [-0.25, -0.2) is 8.78 Å². The van der Waals surface area contributed by atoms with Crippen molar-refractivity contribution < 1.29 is 48.0 Å². The zero-order chi connectivity index (χ0) is 28.3. The van der Waals surface area contributed by atoms with Crippen molar-refractivity contribution in [2.24, 2.45) is 28.6 Å². The fourth-order valence-electron chi connectivity index (χ4n) is 8.10. The number of rotatable bonds is 8. The van der Waals surface area contributed by atoms with Crippen molar-refractivity contribution in [3.63, 3.8) is 0 Å². The Morgan fingerprint density at radius 2 is 1.95 bits per heavy atom. The molecule has 0 aromatic rings. The van der Waals surface area contributed by atoms with Crippen LogP contribution in [0.1, 0.15) is 52.9 Å². The van der Waals surface area contributed by atoms with E-state index in [0.29, 0.717) is 0 Å². The van der Waals surface area contributed by atoms with Crippen LogP contribution in [0.5, 0.6) is 0 Å². The molecule has 0 radical (unpaired) electrons. The minimum absolute atomic E-state index is 0.0292. The SMILES string of the molecule is CC1CC2C3CC(F)C4=CC(=O)C=CC4(C)C3(F)C(O)CC2(C)C1(OC(=O)CCCO[N+](=O)[O-])C(=O)CO. The van der Waals surface area contributed by atoms with Gasteiger partial charge in [0.05, 0.1) is 12.7 Å². The third-order valence-corrected chi connectivity index (χ3v) is 9.72. The standard InChI is InChI=1S/C26H33F2NO9/c1-14-9-16-17-11-19(27)18-10-15(31)6-7-23(18,2)25(17,28)20(32)12-24(16,3)26(14,21(33)13-30)38-22(34)5-4-8-37-29(35)36/h6-7,10,14,16-17,19-20,30,32H,4-5,8-9,11-13H2,1-3H3. The molecule has 4 aliphatic carbocycles. The summed E-state index contributed by atoms with van der Waals surface area (Å²) in [4.78, 5) is 52.7. The van der Waals surface area contributed by atoms with E-state index in [4.69, 9.17) is 4.74 Å². The number of halogens is 2. The summed E-state index contributed by atoms with van der Waals surface area (Å²) in [5.74, 6) is -4.65. The molecule has 38 heavy (non-hydrogen) atoms. The average molecular weight is 542 g/mol. The maximum Gasteiger partial charge on any atom is 0.306 e. The van der Waals surface area contributed by atoms with Crippen LogP contribution in [0.15, 0.2) is 23.8 Å². The highest BCUT2D eigenvalue weighted by Crippen LogP contribution is 2.71. The summed E-state index contributed by atoms with van der Waals surface area (Å²) in [6.45, 7) is 3.35. The highest BCUT2D eigenvalue weighted by Gasteiger charge is 2.78. The molecule has 4 rings (SSSR count). The van der Waals surface area contributed by atoms with Crippen LogP contribution in [0.4, 0.5) is 8.78 Å². The van der Waals surface area contributed by atoms with Gasteiger partial charge in [0.1, 0.15) is 12.8 Å². The largest absolute Gasteiger partial charge is 0.450 e.